The van der Waals surface area contributed by atoms with E-state index >= 15 is 0 Å². The first-order chi connectivity index (χ1) is 7.66. The van der Waals surface area contributed by atoms with Crippen LogP contribution in [0.1, 0.15) is 21.7 Å². The van der Waals surface area contributed by atoms with E-state index in [1.165, 1.54) is 0 Å². The first-order valence-electron chi connectivity index (χ1n) is 5.49. The summed E-state index contributed by atoms with van der Waals surface area (Å²) >= 11 is 0. The number of carbonyl (C=O) groups excluding carboxylic acids is 1. The van der Waals surface area contributed by atoms with Gasteiger partial charge in [0, 0.05) is 30.0 Å². The van der Waals surface area contributed by atoms with E-state index < -0.39 is 0 Å². The lowest BCUT2D eigenvalue weighted by Crippen LogP contribution is -2.40. The molecule has 0 radical (unpaired) electrons. The molecule has 1 saturated heterocycles. The van der Waals surface area contributed by atoms with Crippen LogP contribution in [0.2, 0.25) is 0 Å². The summed E-state index contributed by atoms with van der Waals surface area (Å²) < 4.78 is 5.23. The Morgan fingerprint density at radius 3 is 2.38 bits per heavy atom. The zero-order valence-corrected chi connectivity index (χ0v) is 9.69. The lowest BCUT2D eigenvalue weighted by atomic mass is 10.1. The van der Waals surface area contributed by atoms with Gasteiger partial charge < -0.3 is 9.64 Å². The highest BCUT2D eigenvalue weighted by atomic mass is 16.5. The van der Waals surface area contributed by atoms with Crippen molar-refractivity contribution in [3.05, 3.63) is 29.1 Å². The summed E-state index contributed by atoms with van der Waals surface area (Å²) in [7, 11) is 0. The van der Waals surface area contributed by atoms with Gasteiger partial charge in [0.25, 0.3) is 5.91 Å². The highest BCUT2D eigenvalue weighted by Crippen LogP contribution is 2.10. The van der Waals surface area contributed by atoms with Crippen molar-refractivity contribution in [1.82, 2.24) is 9.88 Å². The zero-order chi connectivity index (χ0) is 11.5. The number of carbonyl (C=O) groups is 1. The molecule has 0 atom stereocenters. The van der Waals surface area contributed by atoms with Gasteiger partial charge in [0.05, 0.1) is 13.2 Å². The molecule has 2 rings (SSSR count). The Kier molecular flexibility index (Phi) is 3.19. The summed E-state index contributed by atoms with van der Waals surface area (Å²) in [5, 5.41) is 0. The molecular weight excluding hydrogens is 204 g/mol. The molecule has 1 aliphatic rings. The average molecular weight is 220 g/mol. The Labute approximate surface area is 95.2 Å². The molecule has 0 spiro atoms. The second kappa shape index (κ2) is 4.61. The molecule has 0 bridgehead atoms. The van der Waals surface area contributed by atoms with Crippen LogP contribution in [0.15, 0.2) is 12.1 Å². The molecule has 0 unspecified atom stereocenters. The van der Waals surface area contributed by atoms with Crippen LogP contribution in [0.5, 0.6) is 0 Å². The molecule has 86 valence electrons. The van der Waals surface area contributed by atoms with Crippen molar-refractivity contribution in [2.24, 2.45) is 0 Å². The van der Waals surface area contributed by atoms with Gasteiger partial charge in [0.1, 0.15) is 0 Å². The van der Waals surface area contributed by atoms with Gasteiger partial charge in [0.15, 0.2) is 0 Å². The van der Waals surface area contributed by atoms with E-state index in [1.54, 1.807) is 0 Å². The Bertz CT molecular complexity index is 378. The maximum absolute atomic E-state index is 12.1. The van der Waals surface area contributed by atoms with E-state index in [1.807, 2.05) is 30.9 Å². The fraction of sp³-hybridized carbons (Fsp3) is 0.500. The fourth-order valence-electron chi connectivity index (χ4n) is 1.91. The van der Waals surface area contributed by atoms with Crippen LogP contribution in [0.4, 0.5) is 0 Å². The van der Waals surface area contributed by atoms with Gasteiger partial charge in [0.2, 0.25) is 0 Å². The predicted octanol–water partition coefficient (Wildman–Crippen LogP) is 1.17. The third-order valence-electron chi connectivity index (χ3n) is 2.63. The number of hydrogen-bond donors (Lipinski definition) is 0. The molecule has 4 nitrogen and oxygen atoms in total. The standard InChI is InChI=1S/C12H16N2O2/c1-9-7-11(8-10(2)13-9)12(15)14-3-5-16-6-4-14/h7-8H,3-6H2,1-2H3. The first kappa shape index (κ1) is 11.1. The van der Waals surface area contributed by atoms with Gasteiger partial charge >= 0.3 is 0 Å². The fourth-order valence-corrected chi connectivity index (χ4v) is 1.91. The summed E-state index contributed by atoms with van der Waals surface area (Å²) in [6.45, 7) is 6.44. The Morgan fingerprint density at radius 2 is 1.81 bits per heavy atom. The lowest BCUT2D eigenvalue weighted by molar-refractivity contribution is 0.0302. The number of hydrogen-bond acceptors (Lipinski definition) is 3. The molecule has 0 aliphatic carbocycles. The van der Waals surface area contributed by atoms with E-state index in [4.69, 9.17) is 4.74 Å². The largest absolute Gasteiger partial charge is 0.378 e. The van der Waals surface area contributed by atoms with Crippen molar-refractivity contribution in [3.63, 3.8) is 0 Å². The highest BCUT2D eigenvalue weighted by Gasteiger charge is 2.18. The molecular formula is C12H16N2O2. The van der Waals surface area contributed by atoms with E-state index in [9.17, 15) is 4.79 Å². The van der Waals surface area contributed by atoms with Gasteiger partial charge in [-0.3, -0.25) is 9.78 Å². The molecule has 1 aromatic heterocycles. The number of amides is 1. The average Bonchev–Trinajstić information content (AvgIpc) is 2.28. The van der Waals surface area contributed by atoms with Crippen molar-refractivity contribution < 1.29 is 9.53 Å². The molecule has 1 aliphatic heterocycles. The monoisotopic (exact) mass is 220 g/mol. The molecule has 0 N–H and O–H groups in total. The first-order valence-corrected chi connectivity index (χ1v) is 5.49. The van der Waals surface area contributed by atoms with Crippen LogP contribution >= 0.6 is 0 Å². The minimum atomic E-state index is 0.0805. The minimum Gasteiger partial charge on any atom is -0.378 e. The summed E-state index contributed by atoms with van der Waals surface area (Å²) in [5.41, 5.74) is 2.50. The maximum atomic E-state index is 12.1. The van der Waals surface area contributed by atoms with Crippen molar-refractivity contribution in [3.8, 4) is 0 Å². The van der Waals surface area contributed by atoms with E-state index in [0.717, 1.165) is 17.0 Å². The van der Waals surface area contributed by atoms with Gasteiger partial charge in [-0.2, -0.15) is 0 Å². The van der Waals surface area contributed by atoms with Crippen molar-refractivity contribution >= 4 is 5.91 Å². The van der Waals surface area contributed by atoms with Crippen LogP contribution in [-0.2, 0) is 4.74 Å². The number of aromatic nitrogens is 1. The summed E-state index contributed by atoms with van der Waals surface area (Å²) in [5.74, 6) is 0.0805. The molecule has 4 heteroatoms. The number of aryl methyl sites for hydroxylation is 2. The molecule has 2 heterocycles. The topological polar surface area (TPSA) is 42.4 Å². The number of nitrogens with zero attached hydrogens (tertiary/aromatic N) is 2. The number of ether oxygens (including phenoxy) is 1. The number of pyridine rings is 1. The maximum Gasteiger partial charge on any atom is 0.254 e. The second-order valence-corrected chi connectivity index (χ2v) is 4.04. The Morgan fingerprint density at radius 1 is 1.25 bits per heavy atom. The molecule has 16 heavy (non-hydrogen) atoms. The van der Waals surface area contributed by atoms with Crippen LogP contribution in [0.25, 0.3) is 0 Å². The van der Waals surface area contributed by atoms with Crippen molar-refractivity contribution in [1.29, 1.82) is 0 Å². The van der Waals surface area contributed by atoms with Gasteiger partial charge in [-0.05, 0) is 26.0 Å². The van der Waals surface area contributed by atoms with Gasteiger partial charge in [-0.15, -0.1) is 0 Å². The zero-order valence-electron chi connectivity index (χ0n) is 9.69. The van der Waals surface area contributed by atoms with Crippen LogP contribution < -0.4 is 0 Å². The smallest absolute Gasteiger partial charge is 0.254 e. The number of morpholine rings is 1. The summed E-state index contributed by atoms with van der Waals surface area (Å²) in [6, 6.07) is 3.68. The normalized spacial score (nSPS) is 16.2. The predicted molar refractivity (Wildman–Crippen MR) is 60.4 cm³/mol. The van der Waals surface area contributed by atoms with Crippen LogP contribution in [0, 0.1) is 13.8 Å². The molecule has 0 aromatic carbocycles. The van der Waals surface area contributed by atoms with Crippen LogP contribution in [0.3, 0.4) is 0 Å². The molecule has 1 fully saturated rings. The quantitative estimate of drug-likeness (QED) is 0.713. The van der Waals surface area contributed by atoms with E-state index in [0.29, 0.717) is 26.3 Å². The van der Waals surface area contributed by atoms with E-state index in [-0.39, 0.29) is 5.91 Å². The minimum absolute atomic E-state index is 0.0805. The second-order valence-electron chi connectivity index (χ2n) is 4.04. The van der Waals surface area contributed by atoms with E-state index in [2.05, 4.69) is 4.98 Å². The Balaban J connectivity index is 2.19. The summed E-state index contributed by atoms with van der Waals surface area (Å²) in [6.07, 6.45) is 0. The van der Waals surface area contributed by atoms with Gasteiger partial charge in [-0.25, -0.2) is 0 Å². The van der Waals surface area contributed by atoms with Crippen LogP contribution in [-0.4, -0.2) is 42.1 Å². The van der Waals surface area contributed by atoms with Gasteiger partial charge in [-0.1, -0.05) is 0 Å². The molecule has 1 aromatic rings. The van der Waals surface area contributed by atoms with Crippen molar-refractivity contribution in [2.75, 3.05) is 26.3 Å². The van der Waals surface area contributed by atoms with Crippen molar-refractivity contribution in [2.45, 2.75) is 13.8 Å². The Hall–Kier alpha value is -1.42. The lowest BCUT2D eigenvalue weighted by Gasteiger charge is -2.27. The SMILES string of the molecule is Cc1cc(C(=O)N2CCOCC2)cc(C)n1. The third-order valence-corrected chi connectivity index (χ3v) is 2.63. The molecule has 1 amide bonds. The molecule has 0 saturated carbocycles. The number of rotatable bonds is 1. The third kappa shape index (κ3) is 2.39. The summed E-state index contributed by atoms with van der Waals surface area (Å²) in [4.78, 5) is 18.2. The highest BCUT2D eigenvalue weighted by molar-refractivity contribution is 5.94.